The quantitative estimate of drug-likeness (QED) is 0.731. The second-order valence-electron chi connectivity index (χ2n) is 5.30. The van der Waals surface area contributed by atoms with Gasteiger partial charge in [-0.2, -0.15) is 0 Å². The molecular weight excluding hydrogens is 276 g/mol. The molecule has 2 heteroatoms. The first-order chi connectivity index (χ1) is 8.24. The maximum absolute atomic E-state index is 5.99. The van der Waals surface area contributed by atoms with Crippen LogP contribution in [-0.4, -0.2) is 11.9 Å². The van der Waals surface area contributed by atoms with E-state index in [0.717, 1.165) is 17.7 Å². The fraction of sp³-hybridized carbons (Fsp3) is 0.600. The standard InChI is InChI=1S/C15H21BrO/c1-13-6-5-7-14(10-13)17-12-15(11-16)8-3-2-4-9-15/h5-7,10H,2-4,8-9,11-12H2,1H3. The highest BCUT2D eigenvalue weighted by Crippen LogP contribution is 2.38. The largest absolute Gasteiger partial charge is 0.493 e. The van der Waals surface area contributed by atoms with E-state index in [4.69, 9.17) is 4.74 Å². The molecule has 1 fully saturated rings. The summed E-state index contributed by atoms with van der Waals surface area (Å²) in [6.45, 7) is 2.95. The van der Waals surface area contributed by atoms with Gasteiger partial charge in [0, 0.05) is 10.7 Å². The molecule has 0 aromatic heterocycles. The van der Waals surface area contributed by atoms with Crippen molar-refractivity contribution in [1.29, 1.82) is 0 Å². The van der Waals surface area contributed by atoms with E-state index in [2.05, 4.69) is 47.1 Å². The Morgan fingerprint density at radius 1 is 1.24 bits per heavy atom. The first-order valence-corrected chi connectivity index (χ1v) is 7.62. The molecule has 0 saturated heterocycles. The van der Waals surface area contributed by atoms with Gasteiger partial charge in [0.25, 0.3) is 0 Å². The van der Waals surface area contributed by atoms with Gasteiger partial charge in [0.05, 0.1) is 6.61 Å². The van der Waals surface area contributed by atoms with Gasteiger partial charge in [-0.05, 0) is 37.5 Å². The number of alkyl halides is 1. The lowest BCUT2D eigenvalue weighted by atomic mass is 9.76. The van der Waals surface area contributed by atoms with Gasteiger partial charge in [0.15, 0.2) is 0 Å². The molecule has 0 bridgehead atoms. The number of hydrogen-bond acceptors (Lipinski definition) is 1. The molecule has 0 N–H and O–H groups in total. The summed E-state index contributed by atoms with van der Waals surface area (Å²) in [5.74, 6) is 1.01. The fourth-order valence-corrected chi connectivity index (χ4v) is 3.28. The van der Waals surface area contributed by atoms with Gasteiger partial charge in [0.2, 0.25) is 0 Å². The van der Waals surface area contributed by atoms with E-state index in [1.165, 1.54) is 37.7 Å². The Hall–Kier alpha value is -0.500. The monoisotopic (exact) mass is 296 g/mol. The number of aryl methyl sites for hydroxylation is 1. The number of ether oxygens (including phenoxy) is 1. The molecule has 17 heavy (non-hydrogen) atoms. The maximum Gasteiger partial charge on any atom is 0.119 e. The van der Waals surface area contributed by atoms with Crippen molar-refractivity contribution in [2.75, 3.05) is 11.9 Å². The van der Waals surface area contributed by atoms with Crippen molar-refractivity contribution in [3.05, 3.63) is 29.8 Å². The van der Waals surface area contributed by atoms with Crippen LogP contribution in [0.3, 0.4) is 0 Å². The molecule has 1 aromatic rings. The fourth-order valence-electron chi connectivity index (χ4n) is 2.56. The predicted octanol–water partition coefficient (Wildman–Crippen LogP) is 4.72. The molecule has 0 atom stereocenters. The highest BCUT2D eigenvalue weighted by Gasteiger charge is 2.31. The molecule has 0 aliphatic heterocycles. The second-order valence-corrected chi connectivity index (χ2v) is 5.86. The van der Waals surface area contributed by atoms with E-state index in [0.29, 0.717) is 5.41 Å². The van der Waals surface area contributed by atoms with E-state index in [-0.39, 0.29) is 0 Å². The van der Waals surface area contributed by atoms with Crippen molar-refractivity contribution in [3.8, 4) is 5.75 Å². The summed E-state index contributed by atoms with van der Waals surface area (Å²) in [5, 5.41) is 1.06. The van der Waals surface area contributed by atoms with Crippen LogP contribution in [0.4, 0.5) is 0 Å². The molecule has 94 valence electrons. The normalized spacial score (nSPS) is 18.9. The molecule has 0 unspecified atom stereocenters. The van der Waals surface area contributed by atoms with Crippen LogP contribution < -0.4 is 4.74 Å². The van der Waals surface area contributed by atoms with Gasteiger partial charge in [-0.3, -0.25) is 0 Å². The summed E-state index contributed by atoms with van der Waals surface area (Å²) >= 11 is 3.68. The Kier molecular flexibility index (Phi) is 4.49. The van der Waals surface area contributed by atoms with Gasteiger partial charge in [-0.1, -0.05) is 47.3 Å². The minimum Gasteiger partial charge on any atom is -0.493 e. The van der Waals surface area contributed by atoms with Crippen LogP contribution in [-0.2, 0) is 0 Å². The van der Waals surface area contributed by atoms with Crippen molar-refractivity contribution in [3.63, 3.8) is 0 Å². The van der Waals surface area contributed by atoms with Crippen LogP contribution in [0.15, 0.2) is 24.3 Å². The van der Waals surface area contributed by atoms with Gasteiger partial charge in [-0.25, -0.2) is 0 Å². The number of halogens is 1. The Morgan fingerprint density at radius 2 is 2.00 bits per heavy atom. The van der Waals surface area contributed by atoms with E-state index in [1.54, 1.807) is 0 Å². The highest BCUT2D eigenvalue weighted by atomic mass is 79.9. The Labute approximate surface area is 113 Å². The maximum atomic E-state index is 5.99. The number of hydrogen-bond donors (Lipinski definition) is 0. The Bertz CT molecular complexity index is 356. The van der Waals surface area contributed by atoms with Crippen LogP contribution in [0.5, 0.6) is 5.75 Å². The summed E-state index contributed by atoms with van der Waals surface area (Å²) in [4.78, 5) is 0. The summed E-state index contributed by atoms with van der Waals surface area (Å²) in [5.41, 5.74) is 1.63. The van der Waals surface area contributed by atoms with E-state index < -0.39 is 0 Å². The van der Waals surface area contributed by atoms with Crippen molar-refractivity contribution in [1.82, 2.24) is 0 Å². The van der Waals surface area contributed by atoms with Gasteiger partial charge in [0.1, 0.15) is 5.75 Å². The third kappa shape index (κ3) is 3.48. The predicted molar refractivity (Wildman–Crippen MR) is 76.0 cm³/mol. The van der Waals surface area contributed by atoms with Gasteiger partial charge in [-0.15, -0.1) is 0 Å². The summed E-state index contributed by atoms with van der Waals surface area (Å²) in [6.07, 6.45) is 6.68. The van der Waals surface area contributed by atoms with Crippen LogP contribution >= 0.6 is 15.9 Å². The Morgan fingerprint density at radius 3 is 2.65 bits per heavy atom. The molecule has 1 aromatic carbocycles. The van der Waals surface area contributed by atoms with Crippen molar-refractivity contribution in [2.24, 2.45) is 5.41 Å². The van der Waals surface area contributed by atoms with Crippen molar-refractivity contribution in [2.45, 2.75) is 39.0 Å². The van der Waals surface area contributed by atoms with Crippen molar-refractivity contribution >= 4 is 15.9 Å². The molecule has 1 saturated carbocycles. The average molecular weight is 297 g/mol. The third-order valence-corrected chi connectivity index (χ3v) is 4.92. The van der Waals surface area contributed by atoms with Crippen LogP contribution in [0.25, 0.3) is 0 Å². The molecule has 1 aliphatic carbocycles. The summed E-state index contributed by atoms with van der Waals surface area (Å²) in [7, 11) is 0. The second kappa shape index (κ2) is 5.90. The lowest BCUT2D eigenvalue weighted by molar-refractivity contribution is 0.122. The molecule has 1 nitrogen and oxygen atoms in total. The minimum atomic E-state index is 0.363. The molecular formula is C15H21BrO. The zero-order chi connectivity index (χ0) is 12.1. The minimum absolute atomic E-state index is 0.363. The molecule has 0 spiro atoms. The zero-order valence-corrected chi connectivity index (χ0v) is 12.1. The third-order valence-electron chi connectivity index (χ3n) is 3.73. The highest BCUT2D eigenvalue weighted by molar-refractivity contribution is 9.09. The van der Waals surface area contributed by atoms with Crippen molar-refractivity contribution < 1.29 is 4.74 Å². The lowest BCUT2D eigenvalue weighted by Crippen LogP contribution is -2.32. The molecule has 1 aliphatic rings. The van der Waals surface area contributed by atoms with Gasteiger partial charge >= 0.3 is 0 Å². The molecule has 0 heterocycles. The zero-order valence-electron chi connectivity index (χ0n) is 10.5. The molecule has 0 amide bonds. The van der Waals surface area contributed by atoms with Crippen LogP contribution in [0.1, 0.15) is 37.7 Å². The lowest BCUT2D eigenvalue weighted by Gasteiger charge is -2.35. The first kappa shape index (κ1) is 12.9. The number of benzene rings is 1. The Balaban J connectivity index is 1.95. The van der Waals surface area contributed by atoms with Gasteiger partial charge < -0.3 is 4.74 Å². The smallest absolute Gasteiger partial charge is 0.119 e. The SMILES string of the molecule is Cc1cccc(OCC2(CBr)CCCCC2)c1. The van der Waals surface area contributed by atoms with Crippen LogP contribution in [0, 0.1) is 12.3 Å². The topological polar surface area (TPSA) is 9.23 Å². The first-order valence-electron chi connectivity index (χ1n) is 6.50. The van der Waals surface area contributed by atoms with E-state index in [1.807, 2.05) is 0 Å². The molecule has 0 radical (unpaired) electrons. The van der Waals surface area contributed by atoms with E-state index in [9.17, 15) is 0 Å². The van der Waals surface area contributed by atoms with E-state index >= 15 is 0 Å². The van der Waals surface area contributed by atoms with Crippen LogP contribution in [0.2, 0.25) is 0 Å². The average Bonchev–Trinajstić information content (AvgIpc) is 2.38. The summed E-state index contributed by atoms with van der Waals surface area (Å²) in [6, 6.07) is 8.34. The summed E-state index contributed by atoms with van der Waals surface area (Å²) < 4.78 is 5.99. The number of rotatable bonds is 4. The molecule has 2 rings (SSSR count).